The van der Waals surface area contributed by atoms with Crippen molar-refractivity contribution in [1.29, 1.82) is 0 Å². The predicted octanol–water partition coefficient (Wildman–Crippen LogP) is 2.18. The molecule has 1 N–H and O–H groups in total. The lowest BCUT2D eigenvalue weighted by atomic mass is 10.1. The largest absolute Gasteiger partial charge is 0.496 e. The van der Waals surface area contributed by atoms with Crippen LogP contribution in [-0.4, -0.2) is 18.8 Å². The van der Waals surface area contributed by atoms with E-state index in [1.165, 1.54) is 0 Å². The topological polar surface area (TPSA) is 38.3 Å². The van der Waals surface area contributed by atoms with Crippen LogP contribution >= 0.6 is 12.6 Å². The molecular weight excluding hydrogens is 210 g/mol. The van der Waals surface area contributed by atoms with Crippen LogP contribution in [0.4, 0.5) is 5.69 Å². The Kier molecular flexibility index (Phi) is 4.03. The summed E-state index contributed by atoms with van der Waals surface area (Å²) < 4.78 is 5.23. The lowest BCUT2D eigenvalue weighted by molar-refractivity contribution is -0.113. The number of carbonyl (C=O) groups excluding carboxylic acids is 1. The van der Waals surface area contributed by atoms with Gasteiger partial charge in [-0.05, 0) is 37.1 Å². The highest BCUT2D eigenvalue weighted by molar-refractivity contribution is 7.81. The highest BCUT2D eigenvalue weighted by Gasteiger charge is 2.06. The Hall–Kier alpha value is -1.16. The molecule has 0 aliphatic heterocycles. The van der Waals surface area contributed by atoms with Crippen molar-refractivity contribution in [3.63, 3.8) is 0 Å². The van der Waals surface area contributed by atoms with Crippen molar-refractivity contribution in [3.05, 3.63) is 23.3 Å². The number of benzene rings is 1. The molecule has 0 fully saturated rings. The number of aryl methyl sites for hydroxylation is 2. The second-order valence-electron chi connectivity index (χ2n) is 3.35. The van der Waals surface area contributed by atoms with E-state index >= 15 is 0 Å². The molecule has 82 valence electrons. The summed E-state index contributed by atoms with van der Waals surface area (Å²) in [5.41, 5.74) is 2.80. The summed E-state index contributed by atoms with van der Waals surface area (Å²) in [6, 6.07) is 3.76. The van der Waals surface area contributed by atoms with Crippen LogP contribution in [0.1, 0.15) is 11.1 Å². The maximum Gasteiger partial charge on any atom is 0.234 e. The Morgan fingerprint density at radius 3 is 2.33 bits per heavy atom. The van der Waals surface area contributed by atoms with Gasteiger partial charge in [-0.15, -0.1) is 0 Å². The van der Waals surface area contributed by atoms with Crippen LogP contribution in [0.15, 0.2) is 12.1 Å². The van der Waals surface area contributed by atoms with Gasteiger partial charge >= 0.3 is 0 Å². The minimum absolute atomic E-state index is 0.109. The van der Waals surface area contributed by atoms with Gasteiger partial charge in [-0.1, -0.05) is 0 Å². The van der Waals surface area contributed by atoms with Crippen molar-refractivity contribution in [3.8, 4) is 5.75 Å². The maximum absolute atomic E-state index is 11.1. The highest BCUT2D eigenvalue weighted by Crippen LogP contribution is 2.26. The molecule has 1 rings (SSSR count). The van der Waals surface area contributed by atoms with E-state index in [-0.39, 0.29) is 11.7 Å². The van der Waals surface area contributed by atoms with Gasteiger partial charge in [0.25, 0.3) is 0 Å². The molecule has 0 saturated carbocycles. The molecule has 0 aromatic heterocycles. The van der Waals surface area contributed by atoms with Crippen LogP contribution in [0.25, 0.3) is 0 Å². The number of carbonyl (C=O) groups is 1. The van der Waals surface area contributed by atoms with Crippen molar-refractivity contribution < 1.29 is 9.53 Å². The molecule has 0 unspecified atom stereocenters. The second-order valence-corrected chi connectivity index (χ2v) is 3.67. The summed E-state index contributed by atoms with van der Waals surface area (Å²) in [4.78, 5) is 11.1. The number of anilines is 1. The Morgan fingerprint density at radius 1 is 1.40 bits per heavy atom. The van der Waals surface area contributed by atoms with E-state index in [2.05, 4.69) is 17.9 Å². The SMILES string of the molecule is COc1c(C)cc(NC(=O)CS)cc1C. The van der Waals surface area contributed by atoms with Crippen LogP contribution < -0.4 is 10.1 Å². The van der Waals surface area contributed by atoms with E-state index in [9.17, 15) is 4.79 Å². The Labute approximate surface area is 95.2 Å². The number of methoxy groups -OCH3 is 1. The van der Waals surface area contributed by atoms with Gasteiger partial charge in [0.1, 0.15) is 5.75 Å². The standard InChI is InChI=1S/C11H15NO2S/c1-7-4-9(12-10(13)6-15)5-8(2)11(7)14-3/h4-5,15H,6H2,1-3H3,(H,12,13). The molecule has 4 heteroatoms. The van der Waals surface area contributed by atoms with Gasteiger partial charge in [0.15, 0.2) is 0 Å². The fraction of sp³-hybridized carbons (Fsp3) is 0.364. The molecule has 1 aromatic rings. The smallest absolute Gasteiger partial charge is 0.234 e. The Bertz CT molecular complexity index is 354. The number of nitrogens with one attached hydrogen (secondary N) is 1. The Morgan fingerprint density at radius 2 is 1.93 bits per heavy atom. The van der Waals surface area contributed by atoms with Crippen molar-refractivity contribution in [1.82, 2.24) is 0 Å². The molecule has 0 aliphatic carbocycles. The van der Waals surface area contributed by atoms with Crippen LogP contribution in [-0.2, 0) is 4.79 Å². The van der Waals surface area contributed by atoms with Gasteiger partial charge in [-0.3, -0.25) is 4.79 Å². The summed E-state index contributed by atoms with van der Waals surface area (Å²) in [5.74, 6) is 0.936. The summed E-state index contributed by atoms with van der Waals surface area (Å²) in [6.45, 7) is 3.89. The van der Waals surface area contributed by atoms with Crippen molar-refractivity contribution in [2.24, 2.45) is 0 Å². The molecule has 1 aromatic carbocycles. The number of hydrogen-bond acceptors (Lipinski definition) is 3. The highest BCUT2D eigenvalue weighted by atomic mass is 32.1. The average molecular weight is 225 g/mol. The lowest BCUT2D eigenvalue weighted by Crippen LogP contribution is -2.12. The third kappa shape index (κ3) is 2.89. The van der Waals surface area contributed by atoms with E-state index in [0.29, 0.717) is 0 Å². The third-order valence-electron chi connectivity index (χ3n) is 2.09. The molecular formula is C11H15NO2S. The predicted molar refractivity (Wildman–Crippen MR) is 65.0 cm³/mol. The van der Waals surface area contributed by atoms with E-state index in [4.69, 9.17) is 4.74 Å². The zero-order chi connectivity index (χ0) is 11.4. The van der Waals surface area contributed by atoms with Crippen LogP contribution in [0, 0.1) is 13.8 Å². The number of hydrogen-bond donors (Lipinski definition) is 2. The third-order valence-corrected chi connectivity index (χ3v) is 2.38. The average Bonchev–Trinajstić information content (AvgIpc) is 2.17. The molecule has 15 heavy (non-hydrogen) atoms. The zero-order valence-corrected chi connectivity index (χ0v) is 10.0. The van der Waals surface area contributed by atoms with Gasteiger partial charge in [0.05, 0.1) is 12.9 Å². The second kappa shape index (κ2) is 5.07. The first-order valence-corrected chi connectivity index (χ1v) is 5.27. The van der Waals surface area contributed by atoms with Crippen molar-refractivity contribution >= 4 is 24.2 Å². The number of thiol groups is 1. The summed E-state index contributed by atoms with van der Waals surface area (Å²) >= 11 is 3.90. The molecule has 0 spiro atoms. The number of ether oxygens (including phenoxy) is 1. The van der Waals surface area contributed by atoms with Crippen molar-refractivity contribution in [2.75, 3.05) is 18.2 Å². The van der Waals surface area contributed by atoms with E-state index in [1.54, 1.807) is 7.11 Å². The van der Waals surface area contributed by atoms with Gasteiger partial charge in [0, 0.05) is 5.69 Å². The van der Waals surface area contributed by atoms with E-state index < -0.39 is 0 Å². The molecule has 0 aliphatic rings. The normalized spacial score (nSPS) is 9.87. The minimum Gasteiger partial charge on any atom is -0.496 e. The lowest BCUT2D eigenvalue weighted by Gasteiger charge is -2.11. The zero-order valence-electron chi connectivity index (χ0n) is 9.13. The number of amides is 1. The summed E-state index contributed by atoms with van der Waals surface area (Å²) in [7, 11) is 1.64. The van der Waals surface area contributed by atoms with Gasteiger partial charge in [-0.2, -0.15) is 12.6 Å². The molecule has 3 nitrogen and oxygen atoms in total. The molecule has 0 radical (unpaired) electrons. The molecule has 1 amide bonds. The summed E-state index contributed by atoms with van der Waals surface area (Å²) in [5, 5.41) is 2.75. The quantitative estimate of drug-likeness (QED) is 0.774. The fourth-order valence-corrected chi connectivity index (χ4v) is 1.62. The van der Waals surface area contributed by atoms with Crippen LogP contribution in [0.2, 0.25) is 0 Å². The van der Waals surface area contributed by atoms with Crippen LogP contribution in [0.5, 0.6) is 5.75 Å². The first-order valence-electron chi connectivity index (χ1n) is 4.64. The molecule has 0 bridgehead atoms. The maximum atomic E-state index is 11.1. The van der Waals surface area contributed by atoms with E-state index in [1.807, 2.05) is 26.0 Å². The first kappa shape index (κ1) is 11.9. The fourth-order valence-electron chi connectivity index (χ4n) is 1.54. The first-order chi connectivity index (χ1) is 7.08. The van der Waals surface area contributed by atoms with Crippen molar-refractivity contribution in [2.45, 2.75) is 13.8 Å². The van der Waals surface area contributed by atoms with E-state index in [0.717, 1.165) is 22.6 Å². The van der Waals surface area contributed by atoms with Gasteiger partial charge in [-0.25, -0.2) is 0 Å². The minimum atomic E-state index is -0.109. The molecule has 0 heterocycles. The monoisotopic (exact) mass is 225 g/mol. The van der Waals surface area contributed by atoms with Gasteiger partial charge in [0.2, 0.25) is 5.91 Å². The van der Waals surface area contributed by atoms with Crippen LogP contribution in [0.3, 0.4) is 0 Å². The van der Waals surface area contributed by atoms with Gasteiger partial charge < -0.3 is 10.1 Å². The molecule has 0 atom stereocenters. The number of rotatable bonds is 3. The summed E-state index contributed by atoms with van der Waals surface area (Å²) in [6.07, 6.45) is 0. The Balaban J connectivity index is 2.98. The molecule has 0 saturated heterocycles.